The zero-order valence-corrected chi connectivity index (χ0v) is 42.8. The first-order valence-electron chi connectivity index (χ1n) is 24.9. The van der Waals surface area contributed by atoms with E-state index in [4.69, 9.17) is 0 Å². The predicted molar refractivity (Wildman–Crippen MR) is 289 cm³/mol. The van der Waals surface area contributed by atoms with Crippen molar-refractivity contribution in [3.8, 4) is 22.3 Å². The Morgan fingerprint density at radius 3 is 1.77 bits per heavy atom. The van der Waals surface area contributed by atoms with Gasteiger partial charge < -0.3 is 9.38 Å². The molecule has 0 saturated carbocycles. The van der Waals surface area contributed by atoms with Crippen molar-refractivity contribution in [2.45, 2.75) is 155 Å². The highest BCUT2D eigenvalue weighted by Crippen LogP contribution is 2.55. The third kappa shape index (κ3) is 5.91. The summed E-state index contributed by atoms with van der Waals surface area (Å²) in [6.45, 7) is 34.0. The fourth-order valence-corrected chi connectivity index (χ4v) is 14.1. The lowest BCUT2D eigenvalue weighted by Gasteiger charge is -2.44. The van der Waals surface area contributed by atoms with Crippen molar-refractivity contribution in [2.75, 3.05) is 4.90 Å². The summed E-state index contributed by atoms with van der Waals surface area (Å²) >= 11 is 2.06. The van der Waals surface area contributed by atoms with E-state index in [1.54, 1.807) is 0 Å². The van der Waals surface area contributed by atoms with Gasteiger partial charge in [-0.15, -0.1) is 11.3 Å². The number of hydrogen-bond acceptors (Lipinski definition) is 2. The van der Waals surface area contributed by atoms with Gasteiger partial charge >= 0.3 is 6.85 Å². The number of benzene rings is 6. The van der Waals surface area contributed by atoms with Crippen molar-refractivity contribution in [3.63, 3.8) is 0 Å². The molecule has 0 bridgehead atoms. The maximum Gasteiger partial charge on any atom is 0.343 e. The Kier molecular flexibility index (Phi) is 8.55. The standard InChI is InChI=1S/C62H67BN2S/c1-57(2,3)38-20-23-50-41(30-38)43-31-39(58(4,5)6)32-44-42-28-37(36-18-16-15-17-19-36)29-51-53(42)63(65(50)54(43)44)56-55(45-34-48-49(35-52(45)66-56)62(13,14)27-26-61(48,11)12)64(51)40-21-22-46-47(33-40)60(9,10)25-24-59(46,7)8/h15-23,28-35H,24-27H2,1-14H3. The Morgan fingerprint density at radius 2 is 1.12 bits per heavy atom. The summed E-state index contributed by atoms with van der Waals surface area (Å²) in [5.74, 6) is 0. The lowest BCUT2D eigenvalue weighted by molar-refractivity contribution is 0.332. The second-order valence-electron chi connectivity index (χ2n) is 25.6. The largest absolute Gasteiger partial charge is 0.375 e. The van der Waals surface area contributed by atoms with Crippen LogP contribution >= 0.6 is 11.3 Å². The quantitative estimate of drug-likeness (QED) is 0.157. The maximum absolute atomic E-state index is 2.80. The molecule has 0 spiro atoms. The zero-order valence-electron chi connectivity index (χ0n) is 42.0. The number of nitrogens with zero attached hydrogens (tertiary/aromatic N) is 2. The molecule has 0 fully saturated rings. The summed E-state index contributed by atoms with van der Waals surface area (Å²) in [6.07, 6.45) is 4.78. The van der Waals surface area contributed by atoms with Gasteiger partial charge in [0, 0.05) is 53.6 Å². The molecule has 4 aliphatic rings. The molecule has 8 aromatic rings. The van der Waals surface area contributed by atoms with Crippen LogP contribution in [0.1, 0.15) is 156 Å². The van der Waals surface area contributed by atoms with Crippen LogP contribution in [0.25, 0.3) is 54.1 Å². The van der Waals surface area contributed by atoms with Crippen molar-refractivity contribution in [1.82, 2.24) is 4.48 Å². The lowest BCUT2D eigenvalue weighted by Crippen LogP contribution is -2.55. The van der Waals surface area contributed by atoms with Crippen LogP contribution in [0.4, 0.5) is 17.1 Å². The molecule has 6 aromatic carbocycles. The smallest absolute Gasteiger partial charge is 0.343 e. The third-order valence-corrected chi connectivity index (χ3v) is 18.4. The fourth-order valence-electron chi connectivity index (χ4n) is 12.7. The van der Waals surface area contributed by atoms with Crippen molar-refractivity contribution in [2.24, 2.45) is 0 Å². The average molecular weight is 883 g/mol. The van der Waals surface area contributed by atoms with Crippen LogP contribution in [-0.4, -0.2) is 11.3 Å². The van der Waals surface area contributed by atoms with Gasteiger partial charge in [0.05, 0.1) is 5.69 Å². The van der Waals surface area contributed by atoms with Crippen LogP contribution < -0.4 is 15.1 Å². The van der Waals surface area contributed by atoms with Gasteiger partial charge in [-0.1, -0.05) is 139 Å². The van der Waals surface area contributed by atoms with Gasteiger partial charge in [-0.05, 0) is 174 Å². The van der Waals surface area contributed by atoms with E-state index in [1.165, 1.54) is 141 Å². The Morgan fingerprint density at radius 1 is 0.515 bits per heavy atom. The van der Waals surface area contributed by atoms with Crippen LogP contribution in [0.2, 0.25) is 0 Å². The first-order chi connectivity index (χ1) is 30.9. The summed E-state index contributed by atoms with van der Waals surface area (Å²) in [5, 5.41) is 4.14. The van der Waals surface area contributed by atoms with E-state index in [0.717, 1.165) is 0 Å². The van der Waals surface area contributed by atoms with Crippen LogP contribution in [0.15, 0.2) is 103 Å². The van der Waals surface area contributed by atoms with Crippen LogP contribution in [0.3, 0.4) is 0 Å². The maximum atomic E-state index is 2.80. The van der Waals surface area contributed by atoms with E-state index in [9.17, 15) is 0 Å². The molecular weight excluding hydrogens is 816 g/mol. The highest BCUT2D eigenvalue weighted by Gasteiger charge is 2.47. The first-order valence-corrected chi connectivity index (χ1v) is 25.7. The van der Waals surface area contributed by atoms with Crippen molar-refractivity contribution >= 4 is 77.4 Å². The molecule has 2 nitrogen and oxygen atoms in total. The summed E-state index contributed by atoms with van der Waals surface area (Å²) in [6, 6.07) is 41.7. The number of thiophene rings is 1. The molecule has 2 aliphatic heterocycles. The third-order valence-electron chi connectivity index (χ3n) is 17.2. The summed E-state index contributed by atoms with van der Waals surface area (Å²) in [4.78, 5) is 2.75. The van der Waals surface area contributed by atoms with Gasteiger partial charge in [0.2, 0.25) is 0 Å². The molecule has 0 atom stereocenters. The van der Waals surface area contributed by atoms with Crippen LogP contribution in [0, 0.1) is 0 Å². The van der Waals surface area contributed by atoms with Gasteiger partial charge in [-0.25, -0.2) is 0 Å². The molecule has 2 aromatic heterocycles. The van der Waals surface area contributed by atoms with E-state index in [1.807, 2.05) is 0 Å². The summed E-state index contributed by atoms with van der Waals surface area (Å²) in [5.41, 5.74) is 22.5. The van der Waals surface area contributed by atoms with E-state index < -0.39 is 0 Å². The van der Waals surface area contributed by atoms with Gasteiger partial charge in [-0.3, -0.25) is 0 Å². The predicted octanol–water partition coefficient (Wildman–Crippen LogP) is 16.4. The van der Waals surface area contributed by atoms with E-state index in [0.29, 0.717) is 0 Å². The van der Waals surface area contributed by atoms with Gasteiger partial charge in [0.25, 0.3) is 0 Å². The van der Waals surface area contributed by atoms with E-state index in [2.05, 4.69) is 221 Å². The molecule has 2 aliphatic carbocycles. The molecule has 334 valence electrons. The minimum atomic E-state index is -0.0379. The molecule has 0 radical (unpaired) electrons. The van der Waals surface area contributed by atoms with E-state index in [-0.39, 0.29) is 39.3 Å². The Balaban J connectivity index is 1.27. The minimum absolute atomic E-state index is 0.00277. The number of anilines is 3. The van der Waals surface area contributed by atoms with Crippen LogP contribution in [0.5, 0.6) is 0 Å². The van der Waals surface area contributed by atoms with Crippen molar-refractivity contribution in [1.29, 1.82) is 0 Å². The zero-order chi connectivity index (χ0) is 46.4. The molecule has 12 rings (SSSR count). The average Bonchev–Trinajstić information content (AvgIpc) is 3.80. The van der Waals surface area contributed by atoms with Gasteiger partial charge in [0.15, 0.2) is 0 Å². The highest BCUT2D eigenvalue weighted by molar-refractivity contribution is 7.32. The van der Waals surface area contributed by atoms with Gasteiger partial charge in [-0.2, -0.15) is 0 Å². The molecule has 0 amide bonds. The van der Waals surface area contributed by atoms with Crippen LogP contribution in [-0.2, 0) is 32.5 Å². The van der Waals surface area contributed by atoms with Gasteiger partial charge in [0.1, 0.15) is 0 Å². The number of fused-ring (bicyclic) bond motifs is 11. The SMILES string of the molecule is CC(C)(C)c1ccc2c(c1)c1cc(C(C)(C)C)cc3c1n2B1c2sc4cc5c(cc4c2N(c2ccc4c(c2)C(C)(C)CCC4(C)C)c2cc(-c4ccccc4)cc-3c21)C(C)(C)CCC5(C)C. The van der Waals surface area contributed by atoms with Crippen molar-refractivity contribution < 1.29 is 0 Å². The molecule has 0 saturated heterocycles. The minimum Gasteiger partial charge on any atom is -0.375 e. The normalized spacial score (nSPS) is 18.6. The molecule has 4 heteroatoms. The van der Waals surface area contributed by atoms with Crippen molar-refractivity contribution in [3.05, 3.63) is 137 Å². The monoisotopic (exact) mass is 883 g/mol. The topological polar surface area (TPSA) is 8.17 Å². The molecule has 0 N–H and O–H groups in total. The number of hydrogen-bond donors (Lipinski definition) is 0. The number of aromatic nitrogens is 1. The lowest BCUT2D eigenvalue weighted by atomic mass is 9.48. The molecule has 0 unspecified atom stereocenters. The Labute approximate surface area is 398 Å². The Bertz CT molecular complexity index is 3390. The molecular formula is C62H67BN2S. The van der Waals surface area contributed by atoms with E-state index >= 15 is 0 Å². The summed E-state index contributed by atoms with van der Waals surface area (Å²) in [7, 11) is 0. The fraction of sp³-hybridized carbons (Fsp3) is 0.387. The number of rotatable bonds is 2. The summed E-state index contributed by atoms with van der Waals surface area (Å²) < 4.78 is 5.65. The second kappa shape index (κ2) is 13.3. The highest BCUT2D eigenvalue weighted by atomic mass is 32.1. The Hall–Kier alpha value is -5.06. The second-order valence-corrected chi connectivity index (χ2v) is 26.6. The molecule has 66 heavy (non-hydrogen) atoms. The molecule has 4 heterocycles. The first kappa shape index (κ1) is 42.3.